The van der Waals surface area contributed by atoms with E-state index in [4.69, 9.17) is 4.74 Å². The topological polar surface area (TPSA) is 35.0 Å². The van der Waals surface area contributed by atoms with E-state index in [1.165, 1.54) is 60.7 Å². The van der Waals surface area contributed by atoms with Crippen molar-refractivity contribution in [1.29, 1.82) is 0 Å². The van der Waals surface area contributed by atoms with Crippen LogP contribution in [0.15, 0.2) is 91.3 Å². The van der Waals surface area contributed by atoms with Crippen LogP contribution in [0.1, 0.15) is 37.3 Å². The van der Waals surface area contributed by atoms with Gasteiger partial charge in [0, 0.05) is 23.5 Å². The van der Waals surface area contributed by atoms with E-state index in [2.05, 4.69) is 16.9 Å². The van der Waals surface area contributed by atoms with Crippen LogP contribution in [0, 0.1) is 23.3 Å². The second kappa shape index (κ2) is 12.7. The molecule has 0 spiro atoms. The van der Waals surface area contributed by atoms with Gasteiger partial charge in [-0.3, -0.25) is 0 Å². The van der Waals surface area contributed by atoms with Crippen molar-refractivity contribution < 1.29 is 31.1 Å². The lowest BCUT2D eigenvalue weighted by atomic mass is 9.99. The third kappa shape index (κ3) is 6.88. The van der Waals surface area contributed by atoms with Crippen molar-refractivity contribution in [2.75, 3.05) is 0 Å². The van der Waals surface area contributed by atoms with E-state index >= 15 is 0 Å². The molecule has 1 aromatic heterocycles. The van der Waals surface area contributed by atoms with Gasteiger partial charge in [0.2, 0.25) is 0 Å². The zero-order valence-corrected chi connectivity index (χ0v) is 23.1. The molecule has 0 unspecified atom stereocenters. The summed E-state index contributed by atoms with van der Waals surface area (Å²) in [6, 6.07) is 16.5. The monoisotopic (exact) mass is 592 g/mol. The summed E-state index contributed by atoms with van der Waals surface area (Å²) >= 11 is 0. The first kappa shape index (κ1) is 29.8. The van der Waals surface area contributed by atoms with E-state index in [1.54, 1.807) is 12.4 Å². The highest BCUT2D eigenvalue weighted by Crippen LogP contribution is 2.35. The molecule has 0 aliphatic rings. The van der Waals surface area contributed by atoms with Crippen molar-refractivity contribution in [3.63, 3.8) is 0 Å². The number of aromatic nitrogens is 2. The molecule has 0 saturated carbocycles. The minimum absolute atomic E-state index is 0.117. The molecular formula is C34H26F6N2O. The lowest BCUT2D eigenvalue weighted by molar-refractivity contribution is -0.185. The maximum Gasteiger partial charge on any atom is 0.426 e. The number of unbranched alkanes of at least 4 members (excludes halogenated alkanes) is 2. The minimum atomic E-state index is -3.64. The molecule has 3 nitrogen and oxygen atoms in total. The fourth-order valence-corrected chi connectivity index (χ4v) is 4.59. The Labute approximate surface area is 244 Å². The highest BCUT2D eigenvalue weighted by Gasteiger charge is 2.34. The zero-order valence-electron chi connectivity index (χ0n) is 23.1. The molecule has 0 amide bonds. The number of hydrogen-bond acceptors (Lipinski definition) is 3. The lowest BCUT2D eigenvalue weighted by Gasteiger charge is -2.19. The fraction of sp³-hybridized carbons (Fsp3) is 0.176. The van der Waals surface area contributed by atoms with E-state index in [1.807, 2.05) is 0 Å². The van der Waals surface area contributed by atoms with Gasteiger partial charge < -0.3 is 4.74 Å². The van der Waals surface area contributed by atoms with Gasteiger partial charge in [0.05, 0.1) is 5.56 Å². The molecule has 220 valence electrons. The number of rotatable bonds is 10. The van der Waals surface area contributed by atoms with Gasteiger partial charge in [-0.05, 0) is 77.6 Å². The first-order valence-electron chi connectivity index (χ1n) is 13.7. The highest BCUT2D eigenvalue weighted by atomic mass is 19.3. The van der Waals surface area contributed by atoms with E-state index in [0.29, 0.717) is 34.6 Å². The van der Waals surface area contributed by atoms with Crippen molar-refractivity contribution in [2.24, 2.45) is 0 Å². The predicted molar refractivity (Wildman–Crippen MR) is 152 cm³/mol. The molecule has 0 N–H and O–H groups in total. The van der Waals surface area contributed by atoms with E-state index in [-0.39, 0.29) is 22.4 Å². The molecular weight excluding hydrogens is 566 g/mol. The zero-order chi connectivity index (χ0) is 30.6. The average Bonchev–Trinajstić information content (AvgIpc) is 3.00. The summed E-state index contributed by atoms with van der Waals surface area (Å²) in [6.07, 6.45) is 4.07. The Morgan fingerprint density at radius 2 is 1.23 bits per heavy atom. The number of ether oxygens (including phenoxy) is 1. The molecule has 0 fully saturated rings. The Morgan fingerprint density at radius 3 is 1.84 bits per heavy atom. The first-order chi connectivity index (χ1) is 20.6. The third-order valence-corrected chi connectivity index (χ3v) is 6.95. The number of benzene rings is 4. The smallest absolute Gasteiger partial charge is 0.426 e. The van der Waals surface area contributed by atoms with Gasteiger partial charge in [-0.2, -0.15) is 8.78 Å². The Morgan fingerprint density at radius 1 is 0.651 bits per heavy atom. The van der Waals surface area contributed by atoms with Crippen molar-refractivity contribution in [2.45, 2.75) is 38.7 Å². The summed E-state index contributed by atoms with van der Waals surface area (Å²) < 4.78 is 90.2. The largest absolute Gasteiger partial charge is 0.429 e. The summed E-state index contributed by atoms with van der Waals surface area (Å²) in [4.78, 5) is 8.72. The van der Waals surface area contributed by atoms with Crippen LogP contribution in [-0.4, -0.2) is 9.97 Å². The maximum atomic E-state index is 15.0. The van der Waals surface area contributed by atoms with Crippen LogP contribution in [-0.2, 0) is 12.5 Å². The number of aryl methyl sites for hydroxylation is 1. The molecule has 43 heavy (non-hydrogen) atoms. The van der Waals surface area contributed by atoms with Crippen LogP contribution >= 0.6 is 0 Å². The maximum absolute atomic E-state index is 15.0. The molecule has 0 atom stereocenters. The van der Waals surface area contributed by atoms with Gasteiger partial charge in [0.1, 0.15) is 11.6 Å². The normalized spacial score (nSPS) is 11.5. The van der Waals surface area contributed by atoms with Crippen LogP contribution in [0.25, 0.3) is 33.6 Å². The van der Waals surface area contributed by atoms with Crippen molar-refractivity contribution in [1.82, 2.24) is 9.97 Å². The molecule has 0 radical (unpaired) electrons. The third-order valence-electron chi connectivity index (χ3n) is 6.95. The SMILES string of the molecule is CCCCCc1cnc(-c2ccc(C(F)(F)Oc3ccc(-c4ccc(-c5cc(F)c(F)c(F)c5)c(F)c4)cc3)cc2)nc1. The Kier molecular flexibility index (Phi) is 8.80. The van der Waals surface area contributed by atoms with Crippen LogP contribution < -0.4 is 4.74 Å². The number of nitrogens with zero attached hydrogens (tertiary/aromatic N) is 2. The number of halogens is 6. The minimum Gasteiger partial charge on any atom is -0.429 e. The quantitative estimate of drug-likeness (QED) is 0.0920. The predicted octanol–water partition coefficient (Wildman–Crippen LogP) is 9.89. The molecule has 0 aliphatic heterocycles. The van der Waals surface area contributed by atoms with E-state index in [0.717, 1.165) is 37.3 Å². The molecule has 0 bridgehead atoms. The van der Waals surface area contributed by atoms with Gasteiger partial charge in [-0.15, -0.1) is 0 Å². The molecule has 5 rings (SSSR count). The lowest BCUT2D eigenvalue weighted by Crippen LogP contribution is -2.21. The summed E-state index contributed by atoms with van der Waals surface area (Å²) in [5, 5.41) is 0. The van der Waals surface area contributed by atoms with Crippen molar-refractivity contribution in [3.05, 3.63) is 126 Å². The van der Waals surface area contributed by atoms with Crippen LogP contribution in [0.2, 0.25) is 0 Å². The van der Waals surface area contributed by atoms with Gasteiger partial charge in [0.15, 0.2) is 23.3 Å². The van der Waals surface area contributed by atoms with Gasteiger partial charge in [-0.25, -0.2) is 27.5 Å². The molecule has 9 heteroatoms. The van der Waals surface area contributed by atoms with Gasteiger partial charge in [-0.1, -0.05) is 56.2 Å². The Bertz CT molecular complexity index is 1680. The first-order valence-corrected chi connectivity index (χ1v) is 13.7. The van der Waals surface area contributed by atoms with Gasteiger partial charge >= 0.3 is 6.11 Å². The molecule has 0 aliphatic carbocycles. The molecule has 1 heterocycles. The molecule has 5 aromatic rings. The average molecular weight is 593 g/mol. The second-order valence-corrected chi connectivity index (χ2v) is 10.0. The Hall–Kier alpha value is -4.66. The number of alkyl halides is 2. The standard InChI is InChI=1S/C34H26F6N2O/c1-2-3-4-5-21-19-41-33(42-20-21)23-6-11-26(12-7-23)34(39,40)43-27-13-8-22(9-14-27)24-10-15-28(29(35)16-24)25-17-30(36)32(38)31(37)18-25/h6-20H,2-5H2,1H3. The molecule has 0 saturated heterocycles. The van der Waals surface area contributed by atoms with Crippen LogP contribution in [0.3, 0.4) is 0 Å². The van der Waals surface area contributed by atoms with Gasteiger partial charge in [0.25, 0.3) is 0 Å². The fourth-order valence-electron chi connectivity index (χ4n) is 4.59. The summed E-state index contributed by atoms with van der Waals surface area (Å²) in [5.41, 5.74) is 1.84. The summed E-state index contributed by atoms with van der Waals surface area (Å²) in [5.74, 6) is -4.98. The van der Waals surface area contributed by atoms with Crippen LogP contribution in [0.4, 0.5) is 26.3 Å². The number of hydrogen-bond donors (Lipinski definition) is 0. The van der Waals surface area contributed by atoms with Crippen molar-refractivity contribution in [3.8, 4) is 39.4 Å². The summed E-state index contributed by atoms with van der Waals surface area (Å²) in [7, 11) is 0. The van der Waals surface area contributed by atoms with Crippen LogP contribution in [0.5, 0.6) is 5.75 Å². The van der Waals surface area contributed by atoms with E-state index in [9.17, 15) is 26.3 Å². The summed E-state index contributed by atoms with van der Waals surface area (Å²) in [6.45, 7) is 2.13. The second-order valence-electron chi connectivity index (χ2n) is 10.0. The van der Waals surface area contributed by atoms with Crippen molar-refractivity contribution >= 4 is 0 Å². The Balaban J connectivity index is 1.26. The molecule has 4 aromatic carbocycles. The van der Waals surface area contributed by atoms with E-state index < -0.39 is 29.4 Å². The highest BCUT2D eigenvalue weighted by molar-refractivity contribution is 5.71.